The maximum atomic E-state index is 13.4. The highest BCUT2D eigenvalue weighted by Gasteiger charge is 2.27. The van der Waals surface area contributed by atoms with Crippen LogP contribution in [0.15, 0.2) is 71.6 Å². The fourth-order valence-electron chi connectivity index (χ4n) is 2.82. The van der Waals surface area contributed by atoms with Crippen LogP contribution in [0.5, 0.6) is 5.75 Å². The number of aryl methyl sites for hydroxylation is 1. The zero-order valence-electron chi connectivity index (χ0n) is 16.8. The average molecular weight is 479 g/mol. The number of halogens is 2. The van der Waals surface area contributed by atoms with Crippen LogP contribution in [-0.4, -0.2) is 28.0 Å². The lowest BCUT2D eigenvalue weighted by Gasteiger charge is -2.24. The summed E-state index contributed by atoms with van der Waals surface area (Å²) in [5.41, 5.74) is 1.62. The first-order chi connectivity index (χ1) is 14.7. The van der Waals surface area contributed by atoms with Crippen LogP contribution in [0.4, 0.5) is 11.4 Å². The number of carbonyl (C=O) groups excluding carboxylic acids is 1. The molecule has 0 spiro atoms. The molecule has 0 heterocycles. The number of carbonyl (C=O) groups is 1. The summed E-state index contributed by atoms with van der Waals surface area (Å²) >= 11 is 11.9. The van der Waals surface area contributed by atoms with E-state index in [1.807, 2.05) is 6.92 Å². The molecule has 31 heavy (non-hydrogen) atoms. The van der Waals surface area contributed by atoms with Gasteiger partial charge in [0.1, 0.15) is 12.3 Å². The van der Waals surface area contributed by atoms with Crippen molar-refractivity contribution in [1.82, 2.24) is 0 Å². The Labute approximate surface area is 191 Å². The van der Waals surface area contributed by atoms with Gasteiger partial charge in [-0.3, -0.25) is 9.10 Å². The fourth-order valence-corrected chi connectivity index (χ4v) is 4.53. The molecule has 3 rings (SSSR count). The van der Waals surface area contributed by atoms with Gasteiger partial charge in [-0.1, -0.05) is 47.0 Å². The van der Waals surface area contributed by atoms with Gasteiger partial charge >= 0.3 is 0 Å². The standard InChI is InChI=1S/C22H20Cl2N2O4S/c1-15-6-9-19(10-7-15)31(28,29)26(17-4-3-5-18(13-17)30-2)14-22(27)25-16-8-11-20(23)21(24)12-16/h3-13H,14H2,1-2H3,(H,25,27). The smallest absolute Gasteiger partial charge is 0.264 e. The molecule has 0 bridgehead atoms. The van der Waals surface area contributed by atoms with Crippen LogP contribution in [0, 0.1) is 6.92 Å². The number of nitrogens with zero attached hydrogens (tertiary/aromatic N) is 1. The Morgan fingerprint density at radius 1 is 1.00 bits per heavy atom. The van der Waals surface area contributed by atoms with Crippen LogP contribution in [0.2, 0.25) is 10.0 Å². The number of rotatable bonds is 7. The molecular weight excluding hydrogens is 459 g/mol. The van der Waals surface area contributed by atoms with Crippen molar-refractivity contribution in [2.45, 2.75) is 11.8 Å². The minimum absolute atomic E-state index is 0.0725. The van der Waals surface area contributed by atoms with E-state index in [-0.39, 0.29) is 9.92 Å². The lowest BCUT2D eigenvalue weighted by molar-refractivity contribution is -0.114. The lowest BCUT2D eigenvalue weighted by Crippen LogP contribution is -2.38. The van der Waals surface area contributed by atoms with Gasteiger partial charge in [0.05, 0.1) is 27.7 Å². The van der Waals surface area contributed by atoms with Crippen molar-refractivity contribution in [1.29, 1.82) is 0 Å². The van der Waals surface area contributed by atoms with Gasteiger partial charge in [0.25, 0.3) is 10.0 Å². The normalized spacial score (nSPS) is 11.1. The summed E-state index contributed by atoms with van der Waals surface area (Å²) in [5, 5.41) is 3.27. The van der Waals surface area contributed by atoms with Gasteiger partial charge in [0.2, 0.25) is 5.91 Å². The zero-order valence-corrected chi connectivity index (χ0v) is 19.1. The summed E-state index contributed by atoms with van der Waals surface area (Å²) in [6.07, 6.45) is 0. The Bertz CT molecular complexity index is 1200. The molecule has 0 radical (unpaired) electrons. The van der Waals surface area contributed by atoms with Crippen LogP contribution in [-0.2, 0) is 14.8 Å². The molecule has 0 fully saturated rings. The molecule has 1 amide bonds. The van der Waals surface area contributed by atoms with Gasteiger partial charge in [-0.25, -0.2) is 8.42 Å². The zero-order chi connectivity index (χ0) is 22.6. The number of hydrogen-bond donors (Lipinski definition) is 1. The molecule has 3 aromatic carbocycles. The molecule has 0 unspecified atom stereocenters. The Morgan fingerprint density at radius 2 is 1.71 bits per heavy atom. The first-order valence-corrected chi connectivity index (χ1v) is 11.4. The number of benzene rings is 3. The van der Waals surface area contributed by atoms with E-state index in [1.165, 1.54) is 25.3 Å². The Morgan fingerprint density at radius 3 is 2.35 bits per heavy atom. The summed E-state index contributed by atoms with van der Waals surface area (Å²) in [7, 11) is -2.55. The van der Waals surface area contributed by atoms with Gasteiger partial charge in [-0.15, -0.1) is 0 Å². The Kier molecular flexibility index (Phi) is 7.10. The van der Waals surface area contributed by atoms with Crippen molar-refractivity contribution >= 4 is 50.5 Å². The van der Waals surface area contributed by atoms with Crippen molar-refractivity contribution in [2.75, 3.05) is 23.3 Å². The summed E-state index contributed by atoms with van der Waals surface area (Å²) in [6.45, 7) is 1.41. The minimum atomic E-state index is -4.03. The lowest BCUT2D eigenvalue weighted by atomic mass is 10.2. The van der Waals surface area contributed by atoms with E-state index >= 15 is 0 Å². The van der Waals surface area contributed by atoms with Crippen LogP contribution < -0.4 is 14.4 Å². The molecule has 6 nitrogen and oxygen atoms in total. The topological polar surface area (TPSA) is 75.7 Å². The summed E-state index contributed by atoms with van der Waals surface area (Å²) < 4.78 is 33.0. The second-order valence-electron chi connectivity index (χ2n) is 6.70. The molecule has 9 heteroatoms. The largest absolute Gasteiger partial charge is 0.497 e. The van der Waals surface area contributed by atoms with Crippen molar-refractivity contribution in [3.05, 3.63) is 82.3 Å². The summed E-state index contributed by atoms with van der Waals surface area (Å²) in [5.74, 6) is -0.0802. The van der Waals surface area contributed by atoms with Crippen LogP contribution in [0.3, 0.4) is 0 Å². The third kappa shape index (κ3) is 5.50. The van der Waals surface area contributed by atoms with Crippen molar-refractivity contribution in [2.24, 2.45) is 0 Å². The molecule has 0 aromatic heterocycles. The first-order valence-electron chi connectivity index (χ1n) is 9.19. The van der Waals surface area contributed by atoms with Crippen molar-refractivity contribution in [3.63, 3.8) is 0 Å². The highest BCUT2D eigenvalue weighted by atomic mass is 35.5. The monoisotopic (exact) mass is 478 g/mol. The minimum Gasteiger partial charge on any atom is -0.497 e. The number of ether oxygens (including phenoxy) is 1. The molecule has 0 atom stereocenters. The second-order valence-corrected chi connectivity index (χ2v) is 9.38. The van der Waals surface area contributed by atoms with Gasteiger partial charge < -0.3 is 10.1 Å². The van der Waals surface area contributed by atoms with E-state index in [1.54, 1.807) is 48.5 Å². The summed E-state index contributed by atoms with van der Waals surface area (Å²) in [6, 6.07) is 17.5. The second kappa shape index (κ2) is 9.60. The van der Waals surface area contributed by atoms with Crippen molar-refractivity contribution in [3.8, 4) is 5.75 Å². The quantitative estimate of drug-likeness (QED) is 0.509. The molecule has 0 saturated carbocycles. The maximum absolute atomic E-state index is 13.4. The molecule has 1 N–H and O–H groups in total. The van der Waals surface area contributed by atoms with E-state index in [0.717, 1.165) is 9.87 Å². The molecule has 0 saturated heterocycles. The maximum Gasteiger partial charge on any atom is 0.264 e. The predicted molar refractivity (Wildman–Crippen MR) is 124 cm³/mol. The van der Waals surface area contributed by atoms with E-state index < -0.39 is 22.5 Å². The van der Waals surface area contributed by atoms with Crippen LogP contribution in [0.25, 0.3) is 0 Å². The van der Waals surface area contributed by atoms with E-state index in [4.69, 9.17) is 27.9 Å². The van der Waals surface area contributed by atoms with E-state index in [0.29, 0.717) is 22.1 Å². The van der Waals surface area contributed by atoms with Crippen LogP contribution >= 0.6 is 23.2 Å². The number of anilines is 2. The molecule has 3 aromatic rings. The molecule has 0 aliphatic carbocycles. The van der Waals surface area contributed by atoms with Gasteiger partial charge in [-0.2, -0.15) is 0 Å². The third-order valence-electron chi connectivity index (χ3n) is 4.44. The Balaban J connectivity index is 1.96. The van der Waals surface area contributed by atoms with Crippen LogP contribution in [0.1, 0.15) is 5.56 Å². The predicted octanol–water partition coefficient (Wildman–Crippen LogP) is 5.14. The number of nitrogens with one attached hydrogen (secondary N) is 1. The van der Waals surface area contributed by atoms with Gasteiger partial charge in [0.15, 0.2) is 0 Å². The highest BCUT2D eigenvalue weighted by molar-refractivity contribution is 7.92. The number of hydrogen-bond acceptors (Lipinski definition) is 4. The van der Waals surface area contributed by atoms with Gasteiger partial charge in [-0.05, 0) is 49.4 Å². The molecule has 0 aliphatic heterocycles. The number of sulfonamides is 1. The molecular formula is C22H20Cl2N2O4S. The van der Waals surface area contributed by atoms with E-state index in [2.05, 4.69) is 5.32 Å². The number of methoxy groups -OCH3 is 1. The number of amides is 1. The first kappa shape index (κ1) is 22.9. The van der Waals surface area contributed by atoms with E-state index in [9.17, 15) is 13.2 Å². The molecule has 0 aliphatic rings. The van der Waals surface area contributed by atoms with Crippen molar-refractivity contribution < 1.29 is 17.9 Å². The van der Waals surface area contributed by atoms with Gasteiger partial charge in [0, 0.05) is 11.8 Å². The third-order valence-corrected chi connectivity index (χ3v) is 6.97. The SMILES string of the molecule is COc1cccc(N(CC(=O)Nc2ccc(Cl)c(Cl)c2)S(=O)(=O)c2ccc(C)cc2)c1. The highest BCUT2D eigenvalue weighted by Crippen LogP contribution is 2.28. The molecule has 162 valence electrons. The fraction of sp³-hybridized carbons (Fsp3) is 0.136. The Hall–Kier alpha value is -2.74. The average Bonchev–Trinajstić information content (AvgIpc) is 2.75. The summed E-state index contributed by atoms with van der Waals surface area (Å²) in [4.78, 5) is 12.8.